The Bertz CT molecular complexity index is 771. The highest BCUT2D eigenvalue weighted by atomic mass is 16.6. The lowest BCUT2D eigenvalue weighted by molar-refractivity contribution is -0.137. The molecule has 0 amide bonds. The number of carbonyl (C=O) groups is 2. The summed E-state index contributed by atoms with van der Waals surface area (Å²) in [5.74, 6) is 0.298. The smallest absolute Gasteiger partial charge is 0.338 e. The number of benzene rings is 1. The predicted octanol–water partition coefficient (Wildman–Crippen LogP) is 4.10. The molecule has 0 N–H and O–H groups in total. The highest BCUT2D eigenvalue weighted by Gasteiger charge is 2.15. The highest BCUT2D eigenvalue weighted by molar-refractivity contribution is 5.90. The zero-order valence-corrected chi connectivity index (χ0v) is 16.6. The van der Waals surface area contributed by atoms with E-state index in [0.29, 0.717) is 28.2 Å². The average molecular weight is 374 g/mol. The van der Waals surface area contributed by atoms with Crippen molar-refractivity contribution in [1.82, 2.24) is 0 Å². The lowest BCUT2D eigenvalue weighted by Crippen LogP contribution is -2.10. The molecule has 0 spiro atoms. The van der Waals surface area contributed by atoms with Gasteiger partial charge in [0.1, 0.15) is 12.4 Å². The molecule has 0 bridgehead atoms. The van der Waals surface area contributed by atoms with E-state index in [0.717, 1.165) is 0 Å². The van der Waals surface area contributed by atoms with Crippen LogP contribution in [0.5, 0.6) is 17.2 Å². The van der Waals surface area contributed by atoms with Crippen LogP contribution in [0, 0.1) is 0 Å². The molecule has 146 valence electrons. The fourth-order valence-corrected chi connectivity index (χ4v) is 1.93. The molecule has 1 aromatic rings. The first-order valence-electron chi connectivity index (χ1n) is 8.45. The summed E-state index contributed by atoms with van der Waals surface area (Å²) in [5, 5.41) is 0. The number of methoxy groups -OCH3 is 2. The number of carbonyl (C=O) groups excluding carboxylic acids is 2. The van der Waals surface area contributed by atoms with Gasteiger partial charge in [0.25, 0.3) is 0 Å². The Kier molecular flexibility index (Phi) is 8.85. The van der Waals surface area contributed by atoms with Crippen LogP contribution in [0.25, 0.3) is 6.08 Å². The molecule has 0 aliphatic rings. The van der Waals surface area contributed by atoms with Crippen molar-refractivity contribution in [3.8, 4) is 17.2 Å². The molecular weight excluding hydrogens is 348 g/mol. The van der Waals surface area contributed by atoms with Crippen LogP contribution in [-0.2, 0) is 14.3 Å². The molecule has 0 aliphatic carbocycles. The zero-order chi connectivity index (χ0) is 20.4. The molecule has 6 heteroatoms. The third-order valence-electron chi connectivity index (χ3n) is 3.84. The van der Waals surface area contributed by atoms with Gasteiger partial charge in [0.15, 0.2) is 11.5 Å². The summed E-state index contributed by atoms with van der Waals surface area (Å²) in [6.45, 7) is 7.00. The second-order valence-electron chi connectivity index (χ2n) is 5.58. The third kappa shape index (κ3) is 6.33. The van der Waals surface area contributed by atoms with Gasteiger partial charge in [0.2, 0.25) is 0 Å². The van der Waals surface area contributed by atoms with Gasteiger partial charge in [-0.2, -0.15) is 0 Å². The largest absolute Gasteiger partial charge is 0.496 e. The molecule has 1 rings (SSSR count). The fourth-order valence-electron chi connectivity index (χ4n) is 1.93. The SMILES string of the molecule is CC=C(C)C(=O)OCC=Cc1cc(OC)c(OC(=O)C(C)=CC)cc1OC. The van der Waals surface area contributed by atoms with Crippen LogP contribution in [0.15, 0.2) is 41.5 Å². The Labute approximate surface area is 160 Å². The lowest BCUT2D eigenvalue weighted by atomic mass is 10.1. The van der Waals surface area contributed by atoms with E-state index in [1.807, 2.05) is 0 Å². The molecule has 6 nitrogen and oxygen atoms in total. The van der Waals surface area contributed by atoms with Crippen molar-refractivity contribution >= 4 is 18.0 Å². The van der Waals surface area contributed by atoms with E-state index < -0.39 is 5.97 Å². The summed E-state index contributed by atoms with van der Waals surface area (Å²) < 4.78 is 21.2. The van der Waals surface area contributed by atoms with E-state index in [9.17, 15) is 9.59 Å². The molecule has 0 saturated carbocycles. The molecule has 0 saturated heterocycles. The first-order valence-corrected chi connectivity index (χ1v) is 8.45. The van der Waals surface area contributed by atoms with Crippen LogP contribution in [0.2, 0.25) is 0 Å². The highest BCUT2D eigenvalue weighted by Crippen LogP contribution is 2.36. The number of rotatable bonds is 8. The Balaban J connectivity index is 3.00. The maximum Gasteiger partial charge on any atom is 0.338 e. The maximum absolute atomic E-state index is 12.0. The van der Waals surface area contributed by atoms with Crippen LogP contribution in [0.4, 0.5) is 0 Å². The molecule has 0 heterocycles. The molecule has 1 aromatic carbocycles. The first kappa shape index (κ1) is 22.0. The number of ether oxygens (including phenoxy) is 4. The number of hydrogen-bond donors (Lipinski definition) is 0. The number of esters is 2. The van der Waals surface area contributed by atoms with E-state index in [1.165, 1.54) is 14.2 Å². The van der Waals surface area contributed by atoms with Crippen LogP contribution in [0.3, 0.4) is 0 Å². The van der Waals surface area contributed by atoms with Gasteiger partial charge in [-0.05, 0) is 39.8 Å². The van der Waals surface area contributed by atoms with Crippen molar-refractivity contribution < 1.29 is 28.5 Å². The topological polar surface area (TPSA) is 71.1 Å². The Hall–Kier alpha value is -3.02. The number of hydrogen-bond acceptors (Lipinski definition) is 6. The quantitative estimate of drug-likeness (QED) is 0.388. The van der Waals surface area contributed by atoms with Gasteiger partial charge in [0.05, 0.1) is 14.2 Å². The molecule has 0 aliphatic heterocycles. The van der Waals surface area contributed by atoms with Crippen LogP contribution in [0.1, 0.15) is 33.3 Å². The summed E-state index contributed by atoms with van der Waals surface area (Å²) in [7, 11) is 2.99. The minimum Gasteiger partial charge on any atom is -0.496 e. The lowest BCUT2D eigenvalue weighted by Gasteiger charge is -2.13. The van der Waals surface area contributed by atoms with E-state index in [-0.39, 0.29) is 18.3 Å². The van der Waals surface area contributed by atoms with Gasteiger partial charge in [0, 0.05) is 22.8 Å². The first-order chi connectivity index (χ1) is 12.9. The van der Waals surface area contributed by atoms with E-state index in [1.54, 1.807) is 64.1 Å². The van der Waals surface area contributed by atoms with E-state index in [2.05, 4.69) is 0 Å². The van der Waals surface area contributed by atoms with Gasteiger partial charge < -0.3 is 18.9 Å². The van der Waals surface area contributed by atoms with Crippen LogP contribution in [-0.4, -0.2) is 32.8 Å². The van der Waals surface area contributed by atoms with Crippen molar-refractivity contribution in [2.75, 3.05) is 20.8 Å². The molecule has 0 fully saturated rings. The van der Waals surface area contributed by atoms with Crippen molar-refractivity contribution in [2.45, 2.75) is 27.7 Å². The van der Waals surface area contributed by atoms with Gasteiger partial charge >= 0.3 is 11.9 Å². The molecule has 0 atom stereocenters. The van der Waals surface area contributed by atoms with Gasteiger partial charge in [-0.15, -0.1) is 0 Å². The molecular formula is C21H26O6. The minimum atomic E-state index is -0.465. The van der Waals surface area contributed by atoms with E-state index >= 15 is 0 Å². The van der Waals surface area contributed by atoms with Gasteiger partial charge in [-0.3, -0.25) is 0 Å². The Morgan fingerprint density at radius 3 is 2.04 bits per heavy atom. The predicted molar refractivity (Wildman–Crippen MR) is 104 cm³/mol. The Morgan fingerprint density at radius 2 is 1.48 bits per heavy atom. The minimum absolute atomic E-state index is 0.118. The molecule has 0 radical (unpaired) electrons. The van der Waals surface area contributed by atoms with Crippen molar-refractivity contribution in [3.63, 3.8) is 0 Å². The van der Waals surface area contributed by atoms with Crippen molar-refractivity contribution in [1.29, 1.82) is 0 Å². The molecule has 0 aromatic heterocycles. The number of allylic oxidation sites excluding steroid dienone is 2. The molecule has 27 heavy (non-hydrogen) atoms. The third-order valence-corrected chi connectivity index (χ3v) is 3.84. The summed E-state index contributed by atoms with van der Waals surface area (Å²) >= 11 is 0. The normalized spacial score (nSPS) is 12.1. The standard InChI is InChI=1S/C21H26O6/c1-7-14(3)20(22)26-11-9-10-16-12-18(25-6)19(13-17(16)24-5)27-21(23)15(4)8-2/h7-10,12-13H,11H2,1-6H3. The van der Waals surface area contributed by atoms with Crippen molar-refractivity contribution in [2.24, 2.45) is 0 Å². The summed E-state index contributed by atoms with van der Waals surface area (Å²) in [4.78, 5) is 23.6. The summed E-state index contributed by atoms with van der Waals surface area (Å²) in [6.07, 6.45) is 6.78. The van der Waals surface area contributed by atoms with E-state index in [4.69, 9.17) is 18.9 Å². The van der Waals surface area contributed by atoms with Gasteiger partial charge in [-0.1, -0.05) is 18.2 Å². The average Bonchev–Trinajstić information content (AvgIpc) is 2.69. The van der Waals surface area contributed by atoms with Gasteiger partial charge in [-0.25, -0.2) is 9.59 Å². The second kappa shape index (κ2) is 10.9. The zero-order valence-electron chi connectivity index (χ0n) is 16.6. The van der Waals surface area contributed by atoms with Crippen LogP contribution >= 0.6 is 0 Å². The summed E-state index contributed by atoms with van der Waals surface area (Å²) in [5.41, 5.74) is 1.72. The van der Waals surface area contributed by atoms with Crippen LogP contribution < -0.4 is 14.2 Å². The summed E-state index contributed by atoms with van der Waals surface area (Å²) in [6, 6.07) is 3.26. The fraction of sp³-hybridized carbons (Fsp3) is 0.333. The van der Waals surface area contributed by atoms with Crippen molar-refractivity contribution in [3.05, 3.63) is 47.1 Å². The second-order valence-corrected chi connectivity index (χ2v) is 5.58. The monoisotopic (exact) mass is 374 g/mol. The molecule has 0 unspecified atom stereocenters. The Morgan fingerprint density at radius 1 is 0.889 bits per heavy atom. The maximum atomic E-state index is 12.0.